The third-order valence-electron chi connectivity index (χ3n) is 4.84. The Kier molecular flexibility index (Phi) is 6.82. The molecule has 1 aromatic carbocycles. The SMILES string of the molecule is N#Cc1cnc(SCC(=O)N(Cc2ccc(F)cc2)C2CCCCC2)nc1N. The van der Waals surface area contributed by atoms with E-state index in [1.807, 2.05) is 11.0 Å². The third-order valence-corrected chi connectivity index (χ3v) is 5.69. The van der Waals surface area contributed by atoms with Gasteiger partial charge in [0.2, 0.25) is 5.91 Å². The Labute approximate surface area is 168 Å². The average molecular weight is 399 g/mol. The molecule has 146 valence electrons. The number of carbonyl (C=O) groups is 1. The number of nitrogens with zero attached hydrogens (tertiary/aromatic N) is 4. The van der Waals surface area contributed by atoms with Crippen LogP contribution in [0.2, 0.25) is 0 Å². The molecule has 28 heavy (non-hydrogen) atoms. The summed E-state index contributed by atoms with van der Waals surface area (Å²) in [4.78, 5) is 23.0. The second-order valence-electron chi connectivity index (χ2n) is 6.79. The molecular weight excluding hydrogens is 377 g/mol. The largest absolute Gasteiger partial charge is 0.382 e. The molecule has 8 heteroatoms. The lowest BCUT2D eigenvalue weighted by atomic mass is 9.94. The zero-order chi connectivity index (χ0) is 19.9. The smallest absolute Gasteiger partial charge is 0.233 e. The van der Waals surface area contributed by atoms with Gasteiger partial charge < -0.3 is 10.6 Å². The summed E-state index contributed by atoms with van der Waals surface area (Å²) < 4.78 is 13.2. The monoisotopic (exact) mass is 399 g/mol. The molecule has 1 aliphatic rings. The number of benzene rings is 1. The van der Waals surface area contributed by atoms with Gasteiger partial charge in [0, 0.05) is 12.6 Å². The molecule has 1 amide bonds. The molecule has 3 rings (SSSR count). The molecule has 0 atom stereocenters. The van der Waals surface area contributed by atoms with Crippen molar-refractivity contribution >= 4 is 23.5 Å². The van der Waals surface area contributed by atoms with Crippen LogP contribution in [0.5, 0.6) is 0 Å². The third kappa shape index (κ3) is 5.20. The molecule has 1 fully saturated rings. The summed E-state index contributed by atoms with van der Waals surface area (Å²) in [6.07, 6.45) is 6.76. The number of aromatic nitrogens is 2. The van der Waals surface area contributed by atoms with Gasteiger partial charge in [-0.1, -0.05) is 43.2 Å². The van der Waals surface area contributed by atoms with E-state index in [-0.39, 0.29) is 34.9 Å². The summed E-state index contributed by atoms with van der Waals surface area (Å²) in [7, 11) is 0. The zero-order valence-corrected chi connectivity index (χ0v) is 16.3. The fourth-order valence-electron chi connectivity index (χ4n) is 3.34. The molecule has 0 saturated heterocycles. The molecule has 2 N–H and O–H groups in total. The fraction of sp³-hybridized carbons (Fsp3) is 0.400. The first-order chi connectivity index (χ1) is 13.6. The first kappa shape index (κ1) is 20.1. The Morgan fingerprint density at radius 3 is 2.64 bits per heavy atom. The Hall–Kier alpha value is -2.66. The van der Waals surface area contributed by atoms with Crippen molar-refractivity contribution in [2.45, 2.75) is 49.8 Å². The fourth-order valence-corrected chi connectivity index (χ4v) is 4.05. The molecule has 0 bridgehead atoms. The average Bonchev–Trinajstić information content (AvgIpc) is 2.72. The summed E-state index contributed by atoms with van der Waals surface area (Å²) in [6, 6.07) is 8.38. The van der Waals surface area contributed by atoms with E-state index in [2.05, 4.69) is 9.97 Å². The number of amides is 1. The minimum absolute atomic E-state index is 0.00671. The Bertz CT molecular complexity index is 862. The number of halogens is 1. The molecule has 1 saturated carbocycles. The van der Waals surface area contributed by atoms with E-state index in [9.17, 15) is 9.18 Å². The van der Waals surface area contributed by atoms with Crippen LogP contribution in [0.15, 0.2) is 35.6 Å². The molecule has 0 unspecified atom stereocenters. The predicted molar refractivity (Wildman–Crippen MR) is 106 cm³/mol. The van der Waals surface area contributed by atoms with Gasteiger partial charge in [-0.05, 0) is 30.5 Å². The number of anilines is 1. The predicted octanol–water partition coefficient (Wildman–Crippen LogP) is 3.52. The molecule has 0 aliphatic heterocycles. The number of hydrogen-bond donors (Lipinski definition) is 1. The van der Waals surface area contributed by atoms with Gasteiger partial charge in [0.25, 0.3) is 0 Å². The van der Waals surface area contributed by atoms with E-state index in [0.717, 1.165) is 31.2 Å². The van der Waals surface area contributed by atoms with Crippen LogP contribution in [0.1, 0.15) is 43.2 Å². The quantitative estimate of drug-likeness (QED) is 0.590. The van der Waals surface area contributed by atoms with Crippen molar-refractivity contribution in [3.05, 3.63) is 47.4 Å². The van der Waals surface area contributed by atoms with Crippen LogP contribution in [-0.4, -0.2) is 32.6 Å². The van der Waals surface area contributed by atoms with Gasteiger partial charge in [0.1, 0.15) is 23.3 Å². The van der Waals surface area contributed by atoms with Gasteiger partial charge in [-0.25, -0.2) is 14.4 Å². The maximum atomic E-state index is 13.2. The van der Waals surface area contributed by atoms with Crippen LogP contribution in [0.3, 0.4) is 0 Å². The number of nitriles is 1. The number of nitrogen functional groups attached to an aromatic ring is 1. The highest BCUT2D eigenvalue weighted by atomic mass is 32.2. The van der Waals surface area contributed by atoms with Gasteiger partial charge in [-0.15, -0.1) is 0 Å². The molecule has 1 heterocycles. The minimum Gasteiger partial charge on any atom is -0.382 e. The van der Waals surface area contributed by atoms with Crippen molar-refractivity contribution in [3.63, 3.8) is 0 Å². The molecule has 2 aromatic rings. The van der Waals surface area contributed by atoms with Crippen LogP contribution >= 0.6 is 11.8 Å². The first-order valence-electron chi connectivity index (χ1n) is 9.26. The number of hydrogen-bond acceptors (Lipinski definition) is 6. The van der Waals surface area contributed by atoms with Crippen molar-refractivity contribution in [2.75, 3.05) is 11.5 Å². The standard InChI is InChI=1S/C20H22FN5OS/c21-16-8-6-14(7-9-16)12-26(17-4-2-1-3-5-17)18(27)13-28-20-24-11-15(10-22)19(23)25-20/h6-9,11,17H,1-5,12-13H2,(H2,23,24,25). The molecule has 0 radical (unpaired) electrons. The van der Waals surface area contributed by atoms with Crippen LogP contribution in [0.25, 0.3) is 0 Å². The second kappa shape index (κ2) is 9.51. The highest BCUT2D eigenvalue weighted by Gasteiger charge is 2.26. The summed E-state index contributed by atoms with van der Waals surface area (Å²) in [5, 5.41) is 9.27. The second-order valence-corrected chi connectivity index (χ2v) is 7.73. The minimum atomic E-state index is -0.287. The molecule has 1 aromatic heterocycles. The van der Waals surface area contributed by atoms with Crippen LogP contribution in [0.4, 0.5) is 10.2 Å². The number of carbonyl (C=O) groups excluding carboxylic acids is 1. The van der Waals surface area contributed by atoms with E-state index >= 15 is 0 Å². The van der Waals surface area contributed by atoms with Crippen molar-refractivity contribution in [3.8, 4) is 6.07 Å². The van der Waals surface area contributed by atoms with E-state index in [4.69, 9.17) is 11.0 Å². The van der Waals surface area contributed by atoms with E-state index in [1.165, 1.54) is 36.5 Å². The maximum Gasteiger partial charge on any atom is 0.233 e. The lowest BCUT2D eigenvalue weighted by Crippen LogP contribution is -2.42. The maximum absolute atomic E-state index is 13.2. The van der Waals surface area contributed by atoms with E-state index < -0.39 is 0 Å². The van der Waals surface area contributed by atoms with Crippen LogP contribution in [-0.2, 0) is 11.3 Å². The Morgan fingerprint density at radius 1 is 1.29 bits per heavy atom. The van der Waals surface area contributed by atoms with Crippen LogP contribution < -0.4 is 5.73 Å². The first-order valence-corrected chi connectivity index (χ1v) is 10.2. The highest BCUT2D eigenvalue weighted by molar-refractivity contribution is 7.99. The summed E-state index contributed by atoms with van der Waals surface area (Å²) >= 11 is 1.20. The summed E-state index contributed by atoms with van der Waals surface area (Å²) in [6.45, 7) is 0.459. The van der Waals surface area contributed by atoms with Gasteiger partial charge in [0.15, 0.2) is 5.16 Å². The van der Waals surface area contributed by atoms with Crippen LogP contribution in [0, 0.1) is 17.1 Å². The van der Waals surface area contributed by atoms with Gasteiger partial charge in [-0.2, -0.15) is 5.26 Å². The summed E-state index contributed by atoms with van der Waals surface area (Å²) in [5.41, 5.74) is 6.84. The zero-order valence-electron chi connectivity index (χ0n) is 15.5. The molecule has 6 nitrogen and oxygen atoms in total. The number of thioether (sulfide) groups is 1. The van der Waals surface area contributed by atoms with Crippen molar-refractivity contribution < 1.29 is 9.18 Å². The number of rotatable bonds is 6. The van der Waals surface area contributed by atoms with E-state index in [0.29, 0.717) is 11.7 Å². The van der Waals surface area contributed by atoms with Crippen molar-refractivity contribution in [1.29, 1.82) is 5.26 Å². The van der Waals surface area contributed by atoms with E-state index in [1.54, 1.807) is 12.1 Å². The molecule has 1 aliphatic carbocycles. The number of nitrogens with two attached hydrogens (primary N) is 1. The van der Waals surface area contributed by atoms with Gasteiger partial charge >= 0.3 is 0 Å². The van der Waals surface area contributed by atoms with Gasteiger partial charge in [0.05, 0.1) is 11.9 Å². The van der Waals surface area contributed by atoms with Gasteiger partial charge in [-0.3, -0.25) is 4.79 Å². The lowest BCUT2D eigenvalue weighted by molar-refractivity contribution is -0.132. The highest BCUT2D eigenvalue weighted by Crippen LogP contribution is 2.26. The van der Waals surface area contributed by atoms with Crippen molar-refractivity contribution in [1.82, 2.24) is 14.9 Å². The van der Waals surface area contributed by atoms with Crippen molar-refractivity contribution in [2.24, 2.45) is 0 Å². The molecular formula is C20H22FN5OS. The lowest BCUT2D eigenvalue weighted by Gasteiger charge is -2.34. The Balaban J connectivity index is 1.69. The molecule has 0 spiro atoms. The summed E-state index contributed by atoms with van der Waals surface area (Å²) in [5.74, 6) is 0.00399. The Morgan fingerprint density at radius 2 is 2.00 bits per heavy atom. The normalized spacial score (nSPS) is 14.4. The topological polar surface area (TPSA) is 95.9 Å².